The van der Waals surface area contributed by atoms with E-state index in [1.54, 1.807) is 4.90 Å². The molecule has 0 bridgehead atoms. The maximum atomic E-state index is 14.1. The van der Waals surface area contributed by atoms with Crippen LogP contribution in [0.3, 0.4) is 0 Å². The van der Waals surface area contributed by atoms with Crippen molar-refractivity contribution in [3.63, 3.8) is 0 Å². The van der Waals surface area contributed by atoms with E-state index in [2.05, 4.69) is 0 Å². The molecule has 1 rings (SSSR count). The Morgan fingerprint density at radius 2 is 1.68 bits per heavy atom. The number of nitrogens with two attached hydrogens (primary N) is 1. The molecule has 19 heavy (non-hydrogen) atoms. The molecule has 0 heterocycles. The van der Waals surface area contributed by atoms with Crippen LogP contribution in [-0.2, 0) is 6.42 Å². The minimum Gasteiger partial charge on any atom is -0.367 e. The number of hydrogen-bond donors (Lipinski definition) is 1. The molecule has 0 aliphatic heterocycles. The van der Waals surface area contributed by atoms with Crippen LogP contribution in [0.25, 0.3) is 0 Å². The topological polar surface area (TPSA) is 29.3 Å². The second-order valence-electron chi connectivity index (χ2n) is 5.52. The maximum Gasteiger partial charge on any atom is 0.149 e. The zero-order chi connectivity index (χ0) is 14.6. The molecule has 108 valence electrons. The zero-order valence-corrected chi connectivity index (χ0v) is 12.2. The van der Waals surface area contributed by atoms with Gasteiger partial charge in [0.2, 0.25) is 0 Å². The van der Waals surface area contributed by atoms with Crippen molar-refractivity contribution in [1.82, 2.24) is 0 Å². The molecule has 4 heteroatoms. The van der Waals surface area contributed by atoms with Gasteiger partial charge in [0.05, 0.1) is 0 Å². The van der Waals surface area contributed by atoms with Gasteiger partial charge in [-0.3, -0.25) is 0 Å². The molecule has 2 nitrogen and oxygen atoms in total. The summed E-state index contributed by atoms with van der Waals surface area (Å²) in [6, 6.07) is 2.68. The number of hydrogen-bond acceptors (Lipinski definition) is 2. The molecule has 2 N–H and O–H groups in total. The van der Waals surface area contributed by atoms with Gasteiger partial charge in [-0.2, -0.15) is 0 Å². The summed E-state index contributed by atoms with van der Waals surface area (Å²) >= 11 is 0. The molecule has 1 aromatic carbocycles. The highest BCUT2D eigenvalue weighted by atomic mass is 19.1. The quantitative estimate of drug-likeness (QED) is 0.859. The average Bonchev–Trinajstić information content (AvgIpc) is 2.24. The van der Waals surface area contributed by atoms with E-state index in [4.69, 9.17) is 5.73 Å². The summed E-state index contributed by atoms with van der Waals surface area (Å²) in [6.07, 6.45) is 0.477. The van der Waals surface area contributed by atoms with Crippen molar-refractivity contribution in [3.8, 4) is 0 Å². The third-order valence-electron chi connectivity index (χ3n) is 2.92. The van der Waals surface area contributed by atoms with Crippen molar-refractivity contribution in [3.05, 3.63) is 29.3 Å². The number of benzene rings is 1. The molecule has 0 fully saturated rings. The number of anilines is 1. The second kappa shape index (κ2) is 6.85. The number of halogens is 2. The third kappa shape index (κ3) is 4.46. The number of nitrogens with zero attached hydrogens (tertiary/aromatic N) is 1. The van der Waals surface area contributed by atoms with E-state index in [9.17, 15) is 8.78 Å². The van der Waals surface area contributed by atoms with Gasteiger partial charge < -0.3 is 10.6 Å². The highest BCUT2D eigenvalue weighted by Crippen LogP contribution is 2.26. The fraction of sp³-hybridized carbons (Fsp3) is 0.600. The smallest absolute Gasteiger partial charge is 0.149 e. The lowest BCUT2D eigenvalue weighted by Gasteiger charge is -2.26. The van der Waals surface area contributed by atoms with Gasteiger partial charge >= 0.3 is 0 Å². The molecule has 0 spiro atoms. The van der Waals surface area contributed by atoms with Gasteiger partial charge in [-0.25, -0.2) is 8.78 Å². The van der Waals surface area contributed by atoms with E-state index in [1.807, 2.05) is 27.7 Å². The Kier molecular flexibility index (Phi) is 5.73. The molecule has 0 saturated heterocycles. The summed E-state index contributed by atoms with van der Waals surface area (Å²) in [7, 11) is 0. The summed E-state index contributed by atoms with van der Waals surface area (Å²) in [4.78, 5) is 1.74. The molecule has 1 atom stereocenters. The predicted molar refractivity (Wildman–Crippen MR) is 76.4 cm³/mol. The lowest BCUT2D eigenvalue weighted by molar-refractivity contribution is 0.547. The van der Waals surface area contributed by atoms with Crippen molar-refractivity contribution in [2.24, 2.45) is 11.7 Å². The van der Waals surface area contributed by atoms with Gasteiger partial charge in [-0.15, -0.1) is 0 Å². The van der Waals surface area contributed by atoms with Gasteiger partial charge in [-0.1, -0.05) is 13.8 Å². The summed E-state index contributed by atoms with van der Waals surface area (Å²) in [5.74, 6) is -0.654. The standard InChI is InChI=1S/C15H24F2N2/c1-5-19(9-10(2)3)15-13(16)7-12(6-11(4)18)8-14(15)17/h7-8,10-11H,5-6,9,18H2,1-4H3. The Balaban J connectivity index is 3.07. The lowest BCUT2D eigenvalue weighted by atomic mass is 10.1. The van der Waals surface area contributed by atoms with Gasteiger partial charge in [0.25, 0.3) is 0 Å². The summed E-state index contributed by atoms with van der Waals surface area (Å²) in [6.45, 7) is 9.00. The van der Waals surface area contributed by atoms with Gasteiger partial charge in [0.1, 0.15) is 17.3 Å². The van der Waals surface area contributed by atoms with Crippen molar-refractivity contribution in [2.75, 3.05) is 18.0 Å². The van der Waals surface area contributed by atoms with E-state index in [1.165, 1.54) is 12.1 Å². The van der Waals surface area contributed by atoms with Crippen LogP contribution >= 0.6 is 0 Å². The first kappa shape index (κ1) is 15.9. The van der Waals surface area contributed by atoms with Crippen LogP contribution in [0.1, 0.15) is 33.3 Å². The van der Waals surface area contributed by atoms with Crippen LogP contribution in [0, 0.1) is 17.6 Å². The Morgan fingerprint density at radius 3 is 2.05 bits per heavy atom. The summed E-state index contributed by atoms with van der Waals surface area (Å²) in [5, 5.41) is 0. The largest absolute Gasteiger partial charge is 0.367 e. The highest BCUT2D eigenvalue weighted by molar-refractivity contribution is 5.50. The Labute approximate surface area is 114 Å². The van der Waals surface area contributed by atoms with E-state index in [0.29, 0.717) is 31.0 Å². The van der Waals surface area contributed by atoms with Crippen molar-refractivity contribution < 1.29 is 8.78 Å². The van der Waals surface area contributed by atoms with Crippen molar-refractivity contribution in [2.45, 2.75) is 40.2 Å². The molecule has 0 radical (unpaired) electrons. The summed E-state index contributed by atoms with van der Waals surface area (Å²) in [5.41, 5.74) is 6.34. The third-order valence-corrected chi connectivity index (χ3v) is 2.92. The normalized spacial score (nSPS) is 12.8. The predicted octanol–water partition coefficient (Wildman–Crippen LogP) is 3.34. The number of rotatable bonds is 6. The SMILES string of the molecule is CCN(CC(C)C)c1c(F)cc(CC(C)N)cc1F. The first-order valence-corrected chi connectivity index (χ1v) is 6.83. The first-order valence-electron chi connectivity index (χ1n) is 6.83. The monoisotopic (exact) mass is 270 g/mol. The highest BCUT2D eigenvalue weighted by Gasteiger charge is 2.18. The van der Waals surface area contributed by atoms with Gasteiger partial charge in [0, 0.05) is 19.1 Å². The van der Waals surface area contributed by atoms with Crippen molar-refractivity contribution >= 4 is 5.69 Å². The van der Waals surface area contributed by atoms with E-state index < -0.39 is 11.6 Å². The Morgan fingerprint density at radius 1 is 1.16 bits per heavy atom. The Hall–Kier alpha value is -1.16. The minimum absolute atomic E-state index is 0.0737. The fourth-order valence-electron chi connectivity index (χ4n) is 2.23. The van der Waals surface area contributed by atoms with Crippen LogP contribution in [0.4, 0.5) is 14.5 Å². The summed E-state index contributed by atoms with van der Waals surface area (Å²) < 4.78 is 28.3. The molecule has 1 aromatic rings. The van der Waals surface area contributed by atoms with Crippen LogP contribution in [-0.4, -0.2) is 19.1 Å². The first-order chi connectivity index (χ1) is 8.85. The zero-order valence-electron chi connectivity index (χ0n) is 12.2. The molecular formula is C15H24F2N2. The van der Waals surface area contributed by atoms with Crippen LogP contribution in [0.15, 0.2) is 12.1 Å². The lowest BCUT2D eigenvalue weighted by Crippen LogP contribution is -2.29. The fourth-order valence-corrected chi connectivity index (χ4v) is 2.23. The average molecular weight is 270 g/mol. The maximum absolute atomic E-state index is 14.1. The Bertz CT molecular complexity index is 394. The van der Waals surface area contributed by atoms with Crippen LogP contribution in [0.5, 0.6) is 0 Å². The molecule has 0 aliphatic carbocycles. The van der Waals surface area contributed by atoms with Crippen LogP contribution in [0.2, 0.25) is 0 Å². The second-order valence-corrected chi connectivity index (χ2v) is 5.52. The molecule has 0 saturated carbocycles. The van der Waals surface area contributed by atoms with Gasteiger partial charge in [-0.05, 0) is 43.9 Å². The minimum atomic E-state index is -0.502. The molecule has 0 aliphatic rings. The van der Waals surface area contributed by atoms with E-state index in [-0.39, 0.29) is 11.7 Å². The van der Waals surface area contributed by atoms with E-state index in [0.717, 1.165) is 0 Å². The molecular weight excluding hydrogens is 246 g/mol. The molecule has 0 amide bonds. The molecule has 1 unspecified atom stereocenters. The van der Waals surface area contributed by atoms with Crippen molar-refractivity contribution in [1.29, 1.82) is 0 Å². The van der Waals surface area contributed by atoms with Crippen LogP contribution < -0.4 is 10.6 Å². The van der Waals surface area contributed by atoms with E-state index >= 15 is 0 Å². The van der Waals surface area contributed by atoms with Gasteiger partial charge in [0.15, 0.2) is 0 Å². The molecule has 0 aromatic heterocycles.